The average molecular weight is 430 g/mol. The number of rotatable bonds is 7. The topological polar surface area (TPSA) is 57.7 Å². The Bertz CT molecular complexity index is 671. The van der Waals surface area contributed by atoms with Crippen LogP contribution in [0.15, 0.2) is 9.72 Å². The molecule has 1 aliphatic carbocycles. The summed E-state index contributed by atoms with van der Waals surface area (Å²) in [6.45, 7) is 0.754. The number of nitrogens with zero attached hydrogens (tertiary/aromatic N) is 1. The smallest absolute Gasteiger partial charge is 0.357 e. The van der Waals surface area contributed by atoms with Gasteiger partial charge in [-0.2, -0.15) is 0 Å². The van der Waals surface area contributed by atoms with E-state index >= 15 is 0 Å². The Morgan fingerprint density at radius 1 is 1.56 bits per heavy atom. The van der Waals surface area contributed by atoms with E-state index in [9.17, 15) is 4.79 Å². The van der Waals surface area contributed by atoms with E-state index < -0.39 is 5.97 Å². The van der Waals surface area contributed by atoms with Gasteiger partial charge in [-0.15, -0.1) is 35.3 Å². The van der Waals surface area contributed by atoms with E-state index in [1.54, 1.807) is 17.1 Å². The fourth-order valence-corrected chi connectivity index (χ4v) is 5.96. The number of carbonyl (C=O) groups excluding carboxylic acids is 1. The fourth-order valence-electron chi connectivity index (χ4n) is 3.59. The van der Waals surface area contributed by atoms with Crippen LogP contribution < -0.4 is 0 Å². The molecule has 0 spiro atoms. The first-order valence-corrected chi connectivity index (χ1v) is 11.5. The van der Waals surface area contributed by atoms with E-state index in [0.29, 0.717) is 5.69 Å². The molecule has 5 atom stereocenters. The van der Waals surface area contributed by atoms with Gasteiger partial charge in [0.05, 0.1) is 19.1 Å². The van der Waals surface area contributed by atoms with Crippen molar-refractivity contribution in [1.29, 1.82) is 0 Å². The number of alkyl halides is 1. The number of hydrogen-bond acceptors (Lipinski definition) is 7. The first-order chi connectivity index (χ1) is 13.1. The fraction of sp³-hybridized carbons (Fsp3) is 0.684. The average Bonchev–Trinajstić information content (AvgIpc) is 3.27. The minimum Gasteiger partial charge on any atom is -0.464 e. The van der Waals surface area contributed by atoms with Gasteiger partial charge in [-0.3, -0.25) is 0 Å². The van der Waals surface area contributed by atoms with Gasteiger partial charge >= 0.3 is 5.97 Å². The van der Waals surface area contributed by atoms with Crippen LogP contribution in [0.3, 0.4) is 0 Å². The van der Waals surface area contributed by atoms with Gasteiger partial charge in [0, 0.05) is 23.1 Å². The van der Waals surface area contributed by atoms with Crippen molar-refractivity contribution in [3.63, 3.8) is 0 Å². The molecule has 5 nitrogen and oxygen atoms in total. The number of halogens is 1. The van der Waals surface area contributed by atoms with Gasteiger partial charge in [0.1, 0.15) is 0 Å². The molecule has 2 heterocycles. The second kappa shape index (κ2) is 10.1. The molecule has 27 heavy (non-hydrogen) atoms. The molecule has 2 aliphatic rings. The van der Waals surface area contributed by atoms with Crippen molar-refractivity contribution in [2.75, 3.05) is 19.5 Å². The molecule has 148 valence electrons. The highest BCUT2D eigenvalue weighted by atomic mass is 35.5. The SMILES string of the molecule is C#C[C@@H]1[C@@H](CCSc2nc(C(=O)OC)cs2)[C@H](Cl)C[C@H]1OC1CCCCO1. The quantitative estimate of drug-likeness (QED) is 0.280. The van der Waals surface area contributed by atoms with Crippen molar-refractivity contribution in [1.82, 2.24) is 4.98 Å². The van der Waals surface area contributed by atoms with Crippen LogP contribution in [0.25, 0.3) is 0 Å². The normalized spacial score (nSPS) is 30.8. The Kier molecular flexibility index (Phi) is 7.86. The van der Waals surface area contributed by atoms with Crippen molar-refractivity contribution >= 4 is 40.7 Å². The van der Waals surface area contributed by atoms with Gasteiger partial charge in [-0.1, -0.05) is 11.8 Å². The van der Waals surface area contributed by atoms with Gasteiger partial charge in [0.2, 0.25) is 0 Å². The number of hydrogen-bond donors (Lipinski definition) is 0. The largest absolute Gasteiger partial charge is 0.464 e. The third-order valence-corrected chi connectivity index (χ3v) is 7.55. The van der Waals surface area contributed by atoms with Gasteiger partial charge in [0.25, 0.3) is 0 Å². The Hall–Kier alpha value is -0.780. The molecule has 0 radical (unpaired) electrons. The third kappa shape index (κ3) is 5.39. The zero-order chi connectivity index (χ0) is 19.2. The molecule has 8 heteroatoms. The van der Waals surface area contributed by atoms with Crippen molar-refractivity contribution in [2.45, 2.75) is 54.2 Å². The minimum absolute atomic E-state index is 0.000511. The predicted octanol–water partition coefficient (Wildman–Crippen LogP) is 4.20. The summed E-state index contributed by atoms with van der Waals surface area (Å²) < 4.78 is 17.4. The van der Waals surface area contributed by atoms with Crippen molar-refractivity contribution in [3.8, 4) is 12.3 Å². The van der Waals surface area contributed by atoms with E-state index in [0.717, 1.165) is 48.8 Å². The molecule has 0 N–H and O–H groups in total. The summed E-state index contributed by atoms with van der Waals surface area (Å²) in [6.07, 6.45) is 10.4. The Balaban J connectivity index is 1.50. The zero-order valence-corrected chi connectivity index (χ0v) is 17.7. The molecule has 0 amide bonds. The molecule has 1 aromatic heterocycles. The highest BCUT2D eigenvalue weighted by Gasteiger charge is 2.43. The van der Waals surface area contributed by atoms with E-state index in [2.05, 4.69) is 15.6 Å². The zero-order valence-electron chi connectivity index (χ0n) is 15.3. The summed E-state index contributed by atoms with van der Waals surface area (Å²) in [6, 6.07) is 0. The molecule has 1 saturated carbocycles. The molecule has 0 bridgehead atoms. The van der Waals surface area contributed by atoms with E-state index in [4.69, 9.17) is 27.5 Å². The highest BCUT2D eigenvalue weighted by molar-refractivity contribution is 8.01. The van der Waals surface area contributed by atoms with Gasteiger partial charge in [-0.25, -0.2) is 9.78 Å². The lowest BCUT2D eigenvalue weighted by atomic mass is 9.93. The molecule has 2 fully saturated rings. The molecule has 1 aromatic rings. The number of carbonyl (C=O) groups is 1. The van der Waals surface area contributed by atoms with E-state index in [1.165, 1.54) is 18.4 Å². The number of methoxy groups -OCH3 is 1. The van der Waals surface area contributed by atoms with Crippen LogP contribution in [-0.2, 0) is 14.2 Å². The van der Waals surface area contributed by atoms with Gasteiger partial charge in [-0.05, 0) is 38.0 Å². The maximum atomic E-state index is 11.5. The van der Waals surface area contributed by atoms with Crippen LogP contribution >= 0.6 is 34.7 Å². The number of esters is 1. The van der Waals surface area contributed by atoms with Crippen LogP contribution in [0, 0.1) is 24.2 Å². The maximum Gasteiger partial charge on any atom is 0.357 e. The molecule has 3 rings (SSSR count). The summed E-state index contributed by atoms with van der Waals surface area (Å²) in [5, 5.41) is 1.72. The van der Waals surface area contributed by atoms with Crippen molar-refractivity contribution in [2.24, 2.45) is 11.8 Å². The summed E-state index contributed by atoms with van der Waals surface area (Å²) >= 11 is 9.67. The summed E-state index contributed by atoms with van der Waals surface area (Å²) in [5.41, 5.74) is 0.350. The summed E-state index contributed by atoms with van der Waals surface area (Å²) in [5.74, 6) is 3.55. The van der Waals surface area contributed by atoms with E-state index in [1.807, 2.05) is 0 Å². The first-order valence-electron chi connectivity index (χ1n) is 9.16. The van der Waals surface area contributed by atoms with Crippen molar-refractivity contribution < 1.29 is 19.0 Å². The Morgan fingerprint density at radius 3 is 3.11 bits per heavy atom. The lowest BCUT2D eigenvalue weighted by Gasteiger charge is -2.28. The Labute approximate surface area is 173 Å². The number of aromatic nitrogens is 1. The number of terminal acetylenes is 1. The summed E-state index contributed by atoms with van der Waals surface area (Å²) in [4.78, 5) is 15.8. The maximum absolute atomic E-state index is 11.5. The van der Waals surface area contributed by atoms with Crippen molar-refractivity contribution in [3.05, 3.63) is 11.1 Å². The second-order valence-electron chi connectivity index (χ2n) is 6.71. The van der Waals surface area contributed by atoms with E-state index in [-0.39, 0.29) is 29.6 Å². The number of ether oxygens (including phenoxy) is 3. The predicted molar refractivity (Wildman–Crippen MR) is 107 cm³/mol. The highest BCUT2D eigenvalue weighted by Crippen LogP contribution is 2.41. The number of thioether (sulfide) groups is 1. The lowest BCUT2D eigenvalue weighted by Crippen LogP contribution is -2.30. The van der Waals surface area contributed by atoms with Gasteiger partial charge < -0.3 is 14.2 Å². The molecule has 1 aliphatic heterocycles. The van der Waals surface area contributed by atoms with Crippen LogP contribution in [0.2, 0.25) is 0 Å². The molecule has 1 saturated heterocycles. The molecular formula is C19H24ClNO4S2. The minimum atomic E-state index is -0.410. The third-order valence-electron chi connectivity index (χ3n) is 5.00. The standard InChI is InChI=1S/C19H24ClNO4S2/c1-3-12-13(7-9-26-19-21-15(11-27-19)18(22)23-2)14(20)10-16(12)25-17-6-4-5-8-24-17/h1,11-14,16-17H,4-10H2,2H3/t12-,13-,14-,16-,17?/m1/s1. The summed E-state index contributed by atoms with van der Waals surface area (Å²) in [7, 11) is 1.35. The monoisotopic (exact) mass is 429 g/mol. The first kappa shape index (κ1) is 20.9. The molecular weight excluding hydrogens is 406 g/mol. The molecule has 1 unspecified atom stereocenters. The van der Waals surface area contributed by atoms with Crippen LogP contribution in [0.4, 0.5) is 0 Å². The van der Waals surface area contributed by atoms with Crippen LogP contribution in [-0.4, -0.2) is 48.2 Å². The number of thiazole rings is 1. The lowest BCUT2D eigenvalue weighted by molar-refractivity contribution is -0.191. The molecule has 0 aromatic carbocycles. The Morgan fingerprint density at radius 2 is 2.41 bits per heavy atom. The van der Waals surface area contributed by atoms with Gasteiger partial charge in [0.15, 0.2) is 16.3 Å². The van der Waals surface area contributed by atoms with Crippen LogP contribution in [0.5, 0.6) is 0 Å². The van der Waals surface area contributed by atoms with Crippen LogP contribution in [0.1, 0.15) is 42.6 Å². The second-order valence-corrected chi connectivity index (χ2v) is 9.47.